The number of fused-ring (bicyclic) bond motifs is 6. The van der Waals surface area contributed by atoms with E-state index in [1.807, 2.05) is 74.5 Å². The second-order valence-electron chi connectivity index (χ2n) is 15.3. The van der Waals surface area contributed by atoms with Crippen LogP contribution in [0.3, 0.4) is 0 Å². The number of nitrogens with zero attached hydrogens (tertiary/aromatic N) is 3. The van der Waals surface area contributed by atoms with Crippen LogP contribution < -0.4 is 10.4 Å². The molecule has 0 unspecified atom stereocenters. The molecule has 6 heteroatoms. The number of hydrogen-bond donors (Lipinski definition) is 0. The lowest BCUT2D eigenvalue weighted by Crippen LogP contribution is -2.17. The molecule has 0 atom stereocenters. The minimum absolute atomic E-state index is 0.196. The first-order chi connectivity index (χ1) is 28.1. The van der Waals surface area contributed by atoms with Gasteiger partial charge in [-0.2, -0.15) is 29.0 Å². The molecule has 0 aliphatic heterocycles. The van der Waals surface area contributed by atoms with Crippen molar-refractivity contribution < 1.29 is 13.2 Å². The van der Waals surface area contributed by atoms with Gasteiger partial charge in [0.1, 0.15) is 0 Å². The van der Waals surface area contributed by atoms with E-state index >= 15 is 0 Å². The van der Waals surface area contributed by atoms with Crippen LogP contribution in [0.2, 0.25) is 0 Å². The molecule has 7 aromatic rings. The van der Waals surface area contributed by atoms with Crippen molar-refractivity contribution in [3.63, 3.8) is 0 Å². The summed E-state index contributed by atoms with van der Waals surface area (Å²) < 4.78 is 40.5. The molecule has 10 rings (SSSR count). The highest BCUT2D eigenvalue weighted by atomic mass is 19.4. The number of nitriles is 3. The summed E-state index contributed by atoms with van der Waals surface area (Å²) in [5.74, 6) is 0. The van der Waals surface area contributed by atoms with Crippen LogP contribution in [0.25, 0.3) is 71.8 Å². The fourth-order valence-electron chi connectivity index (χ4n) is 9.37. The standard InChI is InChI=1S/C52H30F3N3/c1-28-18-30(25-56)6-13-35(28)43-22-49-45(38-15-8-32(27-58)20-42(38)43)21-44(36-14-7-31(26-57)19-29(36)2)48-23-46-40-5-3-4-39-37(33-9-11-34(12-10-33)52(53,54)55)16-17-41(51(39)40)47(46)24-50(48)49/h3-4,6-9,11-24H,5,10H2,1-2H3. The second-order valence-corrected chi connectivity index (χ2v) is 15.3. The quantitative estimate of drug-likeness (QED) is 0.165. The van der Waals surface area contributed by atoms with E-state index in [0.29, 0.717) is 16.7 Å². The van der Waals surface area contributed by atoms with Crippen molar-refractivity contribution in [3.8, 4) is 40.5 Å². The maximum Gasteiger partial charge on any atom is 0.416 e. The van der Waals surface area contributed by atoms with Gasteiger partial charge in [0, 0.05) is 0 Å². The topological polar surface area (TPSA) is 71.4 Å². The smallest absolute Gasteiger partial charge is 0.192 e. The number of hydrogen-bond acceptors (Lipinski definition) is 3. The molecule has 0 heterocycles. The highest BCUT2D eigenvalue weighted by Gasteiger charge is 2.32. The highest BCUT2D eigenvalue weighted by Crippen LogP contribution is 2.44. The van der Waals surface area contributed by atoms with Crippen molar-refractivity contribution in [2.75, 3.05) is 0 Å². The molecule has 0 bridgehead atoms. The van der Waals surface area contributed by atoms with Crippen LogP contribution >= 0.6 is 0 Å². The Hall–Kier alpha value is -7.46. The van der Waals surface area contributed by atoms with Crippen LogP contribution in [0.5, 0.6) is 0 Å². The molecule has 0 N–H and O–H groups in total. The van der Waals surface area contributed by atoms with E-state index in [1.54, 1.807) is 6.08 Å². The van der Waals surface area contributed by atoms with Gasteiger partial charge >= 0.3 is 6.18 Å². The SMILES string of the molecule is Cc1cc(C#N)ccc1-c1cc2c3cc4c(cc3c(-c3ccc(C#N)cc3C)cc2c2ccc(C#N)cc12)=C1CC=Cc2c1c=4ccc2=C1C=CC(C(F)(F)F)=CC1. The van der Waals surface area contributed by atoms with Gasteiger partial charge in [0.2, 0.25) is 0 Å². The van der Waals surface area contributed by atoms with Crippen LogP contribution in [0.4, 0.5) is 13.2 Å². The summed E-state index contributed by atoms with van der Waals surface area (Å²) in [4.78, 5) is 0. The number of aryl methyl sites for hydroxylation is 2. The zero-order chi connectivity index (χ0) is 40.0. The Morgan fingerprint density at radius 3 is 1.67 bits per heavy atom. The zero-order valence-electron chi connectivity index (χ0n) is 31.4. The first-order valence-electron chi connectivity index (χ1n) is 19.0. The lowest BCUT2D eigenvalue weighted by atomic mass is 9.85. The molecule has 0 amide bonds. The van der Waals surface area contributed by atoms with Gasteiger partial charge in [-0.1, -0.05) is 60.7 Å². The summed E-state index contributed by atoms with van der Waals surface area (Å²) in [6, 6.07) is 37.4. The third-order valence-electron chi connectivity index (χ3n) is 12.1. The zero-order valence-corrected chi connectivity index (χ0v) is 31.4. The van der Waals surface area contributed by atoms with E-state index in [1.165, 1.54) is 17.7 Å². The molecule has 0 radical (unpaired) electrons. The molecule has 0 saturated carbocycles. The molecule has 274 valence electrons. The molecule has 0 saturated heterocycles. The van der Waals surface area contributed by atoms with Gasteiger partial charge in [0.15, 0.2) is 0 Å². The number of halogens is 3. The summed E-state index contributed by atoms with van der Waals surface area (Å²) in [6.07, 6.45) is 4.84. The fourth-order valence-corrected chi connectivity index (χ4v) is 9.37. The van der Waals surface area contributed by atoms with Crippen molar-refractivity contribution in [1.82, 2.24) is 0 Å². The van der Waals surface area contributed by atoms with E-state index in [2.05, 4.69) is 60.7 Å². The number of benzene rings is 7. The van der Waals surface area contributed by atoms with Crippen LogP contribution in [-0.4, -0.2) is 6.18 Å². The Balaban J connectivity index is 1.35. The van der Waals surface area contributed by atoms with Gasteiger partial charge in [0.05, 0.1) is 40.5 Å². The van der Waals surface area contributed by atoms with Crippen LogP contribution in [0, 0.1) is 58.3 Å². The predicted octanol–water partition coefficient (Wildman–Crippen LogP) is 11.5. The van der Waals surface area contributed by atoms with E-state index in [9.17, 15) is 29.0 Å². The number of alkyl halides is 3. The average molecular weight is 754 g/mol. The molecule has 3 aliphatic carbocycles. The minimum atomic E-state index is -4.38. The third-order valence-corrected chi connectivity index (χ3v) is 12.1. The summed E-state index contributed by atoms with van der Waals surface area (Å²) in [5, 5.41) is 39.8. The molecule has 3 aliphatic rings. The minimum Gasteiger partial charge on any atom is -0.192 e. The molecular formula is C52H30F3N3. The maximum absolute atomic E-state index is 13.5. The van der Waals surface area contributed by atoms with Gasteiger partial charge in [0.25, 0.3) is 0 Å². The first-order valence-corrected chi connectivity index (χ1v) is 19.0. The Labute approximate surface area is 331 Å². The van der Waals surface area contributed by atoms with Crippen molar-refractivity contribution in [3.05, 3.63) is 181 Å². The Bertz CT molecular complexity index is 3540. The summed E-state index contributed by atoms with van der Waals surface area (Å²) in [5.41, 5.74) is 11.2. The first kappa shape index (κ1) is 35.0. The van der Waals surface area contributed by atoms with Crippen LogP contribution in [-0.2, 0) is 0 Å². The predicted molar refractivity (Wildman–Crippen MR) is 224 cm³/mol. The Morgan fingerprint density at radius 2 is 1.07 bits per heavy atom. The van der Waals surface area contributed by atoms with E-state index in [4.69, 9.17) is 0 Å². The van der Waals surface area contributed by atoms with Gasteiger partial charge in [-0.25, -0.2) is 0 Å². The molecule has 0 fully saturated rings. The molecule has 3 nitrogen and oxygen atoms in total. The Morgan fingerprint density at radius 1 is 0.500 bits per heavy atom. The van der Waals surface area contributed by atoms with Gasteiger partial charge in [-0.15, -0.1) is 0 Å². The van der Waals surface area contributed by atoms with Crippen molar-refractivity contribution in [1.29, 1.82) is 15.8 Å². The lowest BCUT2D eigenvalue weighted by Gasteiger charge is -2.18. The van der Waals surface area contributed by atoms with Crippen molar-refractivity contribution >= 4 is 49.5 Å². The summed E-state index contributed by atoms with van der Waals surface area (Å²) in [7, 11) is 0. The molecule has 0 spiro atoms. The number of allylic oxidation sites excluding steroid dienone is 5. The second kappa shape index (κ2) is 12.8. The van der Waals surface area contributed by atoms with Gasteiger partial charge < -0.3 is 0 Å². The van der Waals surface area contributed by atoms with Crippen LogP contribution in [0.15, 0.2) is 121 Å². The Kier molecular flexibility index (Phi) is 7.71. The van der Waals surface area contributed by atoms with Crippen molar-refractivity contribution in [2.24, 2.45) is 0 Å². The summed E-state index contributed by atoms with van der Waals surface area (Å²) in [6.45, 7) is 4.03. The highest BCUT2D eigenvalue weighted by molar-refractivity contribution is 6.24. The molecular weight excluding hydrogens is 724 g/mol. The van der Waals surface area contributed by atoms with E-state index < -0.39 is 11.7 Å². The fraction of sp³-hybridized carbons (Fsp3) is 0.0962. The third kappa shape index (κ3) is 5.25. The monoisotopic (exact) mass is 753 g/mol. The van der Waals surface area contributed by atoms with Gasteiger partial charge in [-0.05, 0) is 196 Å². The van der Waals surface area contributed by atoms with Crippen LogP contribution in [0.1, 0.15) is 51.8 Å². The molecule has 7 aromatic carbocycles. The van der Waals surface area contributed by atoms with Crippen molar-refractivity contribution in [2.45, 2.75) is 32.9 Å². The van der Waals surface area contributed by atoms with E-state index in [0.717, 1.165) is 110 Å². The maximum atomic E-state index is 13.5. The number of rotatable bonds is 2. The van der Waals surface area contributed by atoms with Gasteiger partial charge in [-0.3, -0.25) is 0 Å². The molecule has 0 aromatic heterocycles. The molecule has 58 heavy (non-hydrogen) atoms. The van der Waals surface area contributed by atoms with E-state index in [-0.39, 0.29) is 6.42 Å². The largest absolute Gasteiger partial charge is 0.416 e. The lowest BCUT2D eigenvalue weighted by molar-refractivity contribution is -0.0884. The summed E-state index contributed by atoms with van der Waals surface area (Å²) >= 11 is 0. The normalized spacial score (nSPS) is 14.9. The average Bonchev–Trinajstić information content (AvgIpc) is 3.55.